The van der Waals surface area contributed by atoms with Gasteiger partial charge in [-0.05, 0) is 62.1 Å². The molecule has 0 aliphatic carbocycles. The molecule has 0 aromatic heterocycles. The van der Waals surface area contributed by atoms with E-state index >= 15 is 0 Å². The SMILES string of the molecule is Cc1cc(Cc2ccc(OCC3COC(C)(C)O3)cc2)ccc1O. The van der Waals surface area contributed by atoms with Crippen molar-refractivity contribution in [3.63, 3.8) is 0 Å². The summed E-state index contributed by atoms with van der Waals surface area (Å²) in [4.78, 5) is 0. The minimum absolute atomic E-state index is 0.0281. The van der Waals surface area contributed by atoms with Crippen molar-refractivity contribution < 1.29 is 19.3 Å². The van der Waals surface area contributed by atoms with Crippen LogP contribution in [0.15, 0.2) is 42.5 Å². The first-order chi connectivity index (χ1) is 11.4. The van der Waals surface area contributed by atoms with Gasteiger partial charge in [-0.1, -0.05) is 24.3 Å². The molecule has 0 radical (unpaired) electrons. The van der Waals surface area contributed by atoms with Crippen LogP contribution in [0.1, 0.15) is 30.5 Å². The van der Waals surface area contributed by atoms with Crippen molar-refractivity contribution in [3.8, 4) is 11.5 Å². The van der Waals surface area contributed by atoms with E-state index in [1.807, 2.05) is 45.0 Å². The largest absolute Gasteiger partial charge is 0.508 e. The van der Waals surface area contributed by atoms with Crippen molar-refractivity contribution in [1.29, 1.82) is 0 Å². The molecule has 1 atom stereocenters. The predicted octanol–water partition coefficient (Wildman–Crippen LogP) is 3.82. The smallest absolute Gasteiger partial charge is 0.163 e. The molecule has 0 spiro atoms. The maximum atomic E-state index is 9.59. The Morgan fingerprint density at radius 1 is 1.12 bits per heavy atom. The maximum Gasteiger partial charge on any atom is 0.163 e. The second kappa shape index (κ2) is 6.83. The normalized spacial score (nSPS) is 19.4. The number of hydrogen-bond donors (Lipinski definition) is 1. The summed E-state index contributed by atoms with van der Waals surface area (Å²) < 4.78 is 17.0. The van der Waals surface area contributed by atoms with Gasteiger partial charge in [0.15, 0.2) is 5.79 Å². The van der Waals surface area contributed by atoms with Crippen LogP contribution in [0.4, 0.5) is 0 Å². The molecule has 2 aromatic rings. The number of rotatable bonds is 5. The highest BCUT2D eigenvalue weighted by atomic mass is 16.7. The molecule has 1 aliphatic rings. The Hall–Kier alpha value is -2.04. The van der Waals surface area contributed by atoms with Crippen molar-refractivity contribution >= 4 is 0 Å². The Kier molecular flexibility index (Phi) is 4.78. The lowest BCUT2D eigenvalue weighted by Crippen LogP contribution is -2.25. The molecule has 0 saturated carbocycles. The molecule has 24 heavy (non-hydrogen) atoms. The van der Waals surface area contributed by atoms with E-state index in [9.17, 15) is 5.11 Å². The first kappa shape index (κ1) is 16.8. The molecule has 1 saturated heterocycles. The first-order valence-corrected chi connectivity index (χ1v) is 8.23. The highest BCUT2D eigenvalue weighted by Gasteiger charge is 2.32. The van der Waals surface area contributed by atoms with Crippen LogP contribution in [-0.4, -0.2) is 30.2 Å². The van der Waals surface area contributed by atoms with Gasteiger partial charge in [-0.15, -0.1) is 0 Å². The van der Waals surface area contributed by atoms with Gasteiger partial charge >= 0.3 is 0 Å². The van der Waals surface area contributed by atoms with Gasteiger partial charge in [-0.25, -0.2) is 0 Å². The lowest BCUT2D eigenvalue weighted by atomic mass is 10.0. The van der Waals surface area contributed by atoms with E-state index in [0.717, 1.165) is 17.7 Å². The number of phenolic OH excluding ortho intramolecular Hbond substituents is 1. The van der Waals surface area contributed by atoms with Crippen molar-refractivity contribution in [1.82, 2.24) is 0 Å². The zero-order valence-electron chi connectivity index (χ0n) is 14.4. The molecule has 1 aliphatic heterocycles. The number of phenols is 1. The standard InChI is InChI=1S/C20H24O4/c1-14-10-16(6-9-19(14)21)11-15-4-7-17(8-5-15)22-12-18-13-23-20(2,3)24-18/h4-10,18,21H,11-13H2,1-3H3. The molecule has 0 amide bonds. The topological polar surface area (TPSA) is 47.9 Å². The average Bonchev–Trinajstić information content (AvgIpc) is 2.89. The fourth-order valence-electron chi connectivity index (χ4n) is 2.80. The van der Waals surface area contributed by atoms with Crippen LogP contribution in [0.2, 0.25) is 0 Å². The van der Waals surface area contributed by atoms with E-state index in [1.54, 1.807) is 6.07 Å². The molecule has 1 N–H and O–H groups in total. The molecule has 4 nitrogen and oxygen atoms in total. The summed E-state index contributed by atoms with van der Waals surface area (Å²) in [7, 11) is 0. The van der Waals surface area contributed by atoms with Crippen molar-refractivity contribution in [3.05, 3.63) is 59.2 Å². The van der Waals surface area contributed by atoms with Gasteiger partial charge in [-0.2, -0.15) is 0 Å². The third-order valence-electron chi connectivity index (χ3n) is 4.10. The summed E-state index contributed by atoms with van der Waals surface area (Å²) in [6.07, 6.45) is 0.800. The third kappa shape index (κ3) is 4.28. The second-order valence-corrected chi connectivity index (χ2v) is 6.70. The molecule has 1 fully saturated rings. The van der Waals surface area contributed by atoms with E-state index in [4.69, 9.17) is 14.2 Å². The molecule has 0 bridgehead atoms. The summed E-state index contributed by atoms with van der Waals surface area (Å²) >= 11 is 0. The molecular formula is C20H24O4. The predicted molar refractivity (Wildman–Crippen MR) is 92.5 cm³/mol. The zero-order chi connectivity index (χ0) is 17.2. The minimum atomic E-state index is -0.514. The average molecular weight is 328 g/mol. The lowest BCUT2D eigenvalue weighted by Gasteiger charge is -2.17. The van der Waals surface area contributed by atoms with Gasteiger partial charge in [0, 0.05) is 0 Å². The summed E-state index contributed by atoms with van der Waals surface area (Å²) in [5.74, 6) is 0.651. The van der Waals surface area contributed by atoms with E-state index in [-0.39, 0.29) is 6.10 Å². The molecular weight excluding hydrogens is 304 g/mol. The van der Waals surface area contributed by atoms with E-state index in [0.29, 0.717) is 19.0 Å². The van der Waals surface area contributed by atoms with Crippen LogP contribution in [0.5, 0.6) is 11.5 Å². The van der Waals surface area contributed by atoms with Crippen LogP contribution in [0.25, 0.3) is 0 Å². The Balaban J connectivity index is 1.54. The summed E-state index contributed by atoms with van der Waals surface area (Å²) in [6, 6.07) is 13.8. The van der Waals surface area contributed by atoms with Crippen molar-refractivity contribution in [2.75, 3.05) is 13.2 Å². The fourth-order valence-corrected chi connectivity index (χ4v) is 2.80. The molecule has 2 aromatic carbocycles. The van der Waals surface area contributed by atoms with E-state index in [1.165, 1.54) is 11.1 Å². The monoisotopic (exact) mass is 328 g/mol. The Morgan fingerprint density at radius 3 is 2.46 bits per heavy atom. The molecule has 4 heteroatoms. The quantitative estimate of drug-likeness (QED) is 0.906. The Morgan fingerprint density at radius 2 is 1.83 bits per heavy atom. The summed E-state index contributed by atoms with van der Waals surface area (Å²) in [5, 5.41) is 9.59. The van der Waals surface area contributed by atoms with Gasteiger partial charge < -0.3 is 19.3 Å². The first-order valence-electron chi connectivity index (χ1n) is 8.23. The zero-order valence-corrected chi connectivity index (χ0v) is 14.4. The van der Waals surface area contributed by atoms with Gasteiger partial charge in [-0.3, -0.25) is 0 Å². The number of aryl methyl sites for hydroxylation is 1. The van der Waals surface area contributed by atoms with Gasteiger partial charge in [0.05, 0.1) is 6.61 Å². The van der Waals surface area contributed by atoms with Crippen LogP contribution < -0.4 is 4.74 Å². The number of ether oxygens (including phenoxy) is 3. The van der Waals surface area contributed by atoms with Gasteiger partial charge in [0.25, 0.3) is 0 Å². The van der Waals surface area contributed by atoms with E-state index in [2.05, 4.69) is 12.1 Å². The highest BCUT2D eigenvalue weighted by molar-refractivity contribution is 5.38. The van der Waals surface area contributed by atoms with Crippen LogP contribution >= 0.6 is 0 Å². The minimum Gasteiger partial charge on any atom is -0.508 e. The van der Waals surface area contributed by atoms with Gasteiger partial charge in [0.1, 0.15) is 24.2 Å². The third-order valence-corrected chi connectivity index (χ3v) is 4.10. The van der Waals surface area contributed by atoms with Gasteiger partial charge in [0.2, 0.25) is 0 Å². The number of hydrogen-bond acceptors (Lipinski definition) is 4. The van der Waals surface area contributed by atoms with Crippen LogP contribution in [-0.2, 0) is 15.9 Å². The number of benzene rings is 2. The van der Waals surface area contributed by atoms with Crippen LogP contribution in [0.3, 0.4) is 0 Å². The Labute approximate surface area is 143 Å². The van der Waals surface area contributed by atoms with Crippen molar-refractivity contribution in [2.24, 2.45) is 0 Å². The van der Waals surface area contributed by atoms with Crippen LogP contribution in [0, 0.1) is 6.92 Å². The molecule has 1 unspecified atom stereocenters. The summed E-state index contributed by atoms with van der Waals surface area (Å²) in [5.41, 5.74) is 3.28. The maximum absolute atomic E-state index is 9.59. The Bertz CT molecular complexity index is 691. The highest BCUT2D eigenvalue weighted by Crippen LogP contribution is 2.24. The molecule has 128 valence electrons. The number of aromatic hydroxyl groups is 1. The van der Waals surface area contributed by atoms with Crippen molar-refractivity contribution in [2.45, 2.75) is 39.1 Å². The molecule has 1 heterocycles. The second-order valence-electron chi connectivity index (χ2n) is 6.70. The van der Waals surface area contributed by atoms with E-state index < -0.39 is 5.79 Å². The summed E-state index contributed by atoms with van der Waals surface area (Å²) in [6.45, 7) is 6.77. The fraction of sp³-hybridized carbons (Fsp3) is 0.400. The molecule has 3 rings (SSSR count). The lowest BCUT2D eigenvalue weighted by molar-refractivity contribution is -0.141.